The molecule has 2 aromatic carbocycles. The summed E-state index contributed by atoms with van der Waals surface area (Å²) >= 11 is 5.50. The van der Waals surface area contributed by atoms with Crippen LogP contribution >= 0.6 is 12.2 Å². The van der Waals surface area contributed by atoms with Gasteiger partial charge in [0.2, 0.25) is 5.91 Å². The molecule has 7 heteroatoms. The van der Waals surface area contributed by atoms with E-state index in [4.69, 9.17) is 17.0 Å². The molecule has 0 aliphatic heterocycles. The lowest BCUT2D eigenvalue weighted by atomic mass is 9.81. The van der Waals surface area contributed by atoms with E-state index in [0.29, 0.717) is 23.5 Å². The van der Waals surface area contributed by atoms with Crippen molar-refractivity contribution in [1.29, 1.82) is 0 Å². The van der Waals surface area contributed by atoms with Crippen molar-refractivity contribution in [2.24, 2.45) is 0 Å². The Morgan fingerprint density at radius 1 is 0.900 bits per heavy atom. The number of benzene rings is 2. The Kier molecular flexibility index (Phi) is 7.05. The molecule has 1 aliphatic carbocycles. The monoisotopic (exact) mass is 425 g/mol. The van der Waals surface area contributed by atoms with Gasteiger partial charge in [-0.15, -0.1) is 0 Å². The highest BCUT2D eigenvalue weighted by molar-refractivity contribution is 7.80. The van der Waals surface area contributed by atoms with Crippen LogP contribution in [0.15, 0.2) is 48.5 Å². The predicted octanol–water partition coefficient (Wildman–Crippen LogP) is 4.41. The average Bonchev–Trinajstić information content (AvgIpc) is 2.76. The molecule has 6 nitrogen and oxygen atoms in total. The number of anilines is 2. The maximum Gasteiger partial charge on any atom is 0.337 e. The lowest BCUT2D eigenvalue weighted by Gasteiger charge is -2.37. The number of ether oxygens (including phenoxy) is 1. The molecule has 1 amide bonds. The molecule has 2 aromatic rings. The summed E-state index contributed by atoms with van der Waals surface area (Å²) in [7, 11) is 1.35. The second-order valence-corrected chi connectivity index (χ2v) is 8.02. The van der Waals surface area contributed by atoms with Crippen molar-refractivity contribution < 1.29 is 14.3 Å². The van der Waals surface area contributed by atoms with Crippen LogP contribution in [0.2, 0.25) is 0 Å². The van der Waals surface area contributed by atoms with Crippen molar-refractivity contribution in [1.82, 2.24) is 5.32 Å². The van der Waals surface area contributed by atoms with Gasteiger partial charge in [-0.05, 0) is 68.4 Å². The molecular weight excluding hydrogens is 398 g/mol. The highest BCUT2D eigenvalue weighted by atomic mass is 32.1. The number of hydrogen-bond acceptors (Lipinski definition) is 4. The van der Waals surface area contributed by atoms with Gasteiger partial charge in [-0.1, -0.05) is 37.0 Å². The molecule has 0 saturated heterocycles. The number of rotatable bonds is 5. The van der Waals surface area contributed by atoms with E-state index in [0.717, 1.165) is 36.2 Å². The van der Waals surface area contributed by atoms with Gasteiger partial charge in [0, 0.05) is 11.4 Å². The largest absolute Gasteiger partial charge is 0.465 e. The van der Waals surface area contributed by atoms with Crippen LogP contribution in [-0.4, -0.2) is 29.6 Å². The summed E-state index contributed by atoms with van der Waals surface area (Å²) in [6.45, 7) is 2.01. The molecule has 30 heavy (non-hydrogen) atoms. The smallest absolute Gasteiger partial charge is 0.337 e. The fourth-order valence-corrected chi connectivity index (χ4v) is 3.95. The van der Waals surface area contributed by atoms with Crippen LogP contribution < -0.4 is 16.0 Å². The molecule has 0 unspecified atom stereocenters. The van der Waals surface area contributed by atoms with Crippen molar-refractivity contribution in [3.8, 4) is 0 Å². The van der Waals surface area contributed by atoms with Gasteiger partial charge in [-0.3, -0.25) is 4.79 Å². The van der Waals surface area contributed by atoms with Crippen molar-refractivity contribution in [2.75, 3.05) is 17.7 Å². The Morgan fingerprint density at radius 3 is 2.07 bits per heavy atom. The minimum atomic E-state index is -0.751. The predicted molar refractivity (Wildman–Crippen MR) is 123 cm³/mol. The number of carbonyl (C=O) groups excluding carboxylic acids is 2. The molecule has 3 rings (SSSR count). The maximum atomic E-state index is 13.2. The standard InChI is InChI=1S/C23H27N3O3S/c1-16-6-10-18(11-7-16)24-21(28)23(14-4-3-5-15-23)26-22(30)25-19-12-8-17(9-13-19)20(27)29-2/h6-13H,3-5,14-15H2,1-2H3,(H,24,28)(H2,25,26,30). The van der Waals surface area contributed by atoms with Gasteiger partial charge in [0.05, 0.1) is 12.7 Å². The van der Waals surface area contributed by atoms with E-state index in [1.807, 2.05) is 31.2 Å². The number of nitrogens with one attached hydrogen (secondary N) is 3. The quantitative estimate of drug-likeness (QED) is 0.486. The number of thiocarbonyl (C=S) groups is 1. The third-order valence-electron chi connectivity index (χ3n) is 5.37. The molecule has 1 aliphatic rings. The van der Waals surface area contributed by atoms with Gasteiger partial charge >= 0.3 is 5.97 Å². The third kappa shape index (κ3) is 5.36. The zero-order valence-electron chi connectivity index (χ0n) is 17.3. The molecule has 0 spiro atoms. The van der Waals surface area contributed by atoms with Gasteiger partial charge in [0.1, 0.15) is 5.54 Å². The van der Waals surface area contributed by atoms with E-state index in [-0.39, 0.29) is 5.91 Å². The van der Waals surface area contributed by atoms with Gasteiger partial charge in [-0.2, -0.15) is 0 Å². The molecule has 1 fully saturated rings. The van der Waals surface area contributed by atoms with Crippen molar-refractivity contribution >= 4 is 40.6 Å². The first-order chi connectivity index (χ1) is 14.4. The summed E-state index contributed by atoms with van der Waals surface area (Å²) in [5.74, 6) is -0.465. The number of hydrogen-bond donors (Lipinski definition) is 3. The van der Waals surface area contributed by atoms with Crippen molar-refractivity contribution in [3.05, 3.63) is 59.7 Å². The SMILES string of the molecule is COC(=O)c1ccc(NC(=S)NC2(C(=O)Nc3ccc(C)cc3)CCCCC2)cc1. The molecule has 0 heterocycles. The average molecular weight is 426 g/mol. The number of methoxy groups -OCH3 is 1. The molecule has 0 aromatic heterocycles. The van der Waals surface area contributed by atoms with E-state index < -0.39 is 11.5 Å². The van der Waals surface area contributed by atoms with Gasteiger partial charge in [-0.25, -0.2) is 4.79 Å². The summed E-state index contributed by atoms with van der Waals surface area (Å²) in [6, 6.07) is 14.6. The lowest BCUT2D eigenvalue weighted by Crippen LogP contribution is -2.58. The third-order valence-corrected chi connectivity index (χ3v) is 5.57. The van der Waals surface area contributed by atoms with Crippen LogP contribution in [0.5, 0.6) is 0 Å². The Balaban J connectivity index is 1.69. The highest BCUT2D eigenvalue weighted by Gasteiger charge is 2.40. The summed E-state index contributed by atoms with van der Waals surface area (Å²) in [5.41, 5.74) is 2.35. The van der Waals surface area contributed by atoms with E-state index in [2.05, 4.69) is 16.0 Å². The van der Waals surface area contributed by atoms with E-state index in [9.17, 15) is 9.59 Å². The van der Waals surface area contributed by atoms with Gasteiger partial charge in [0.25, 0.3) is 0 Å². The Labute approximate surface area is 182 Å². The van der Waals surface area contributed by atoms with Crippen molar-refractivity contribution in [2.45, 2.75) is 44.6 Å². The highest BCUT2D eigenvalue weighted by Crippen LogP contribution is 2.30. The van der Waals surface area contributed by atoms with Crippen LogP contribution in [0.25, 0.3) is 0 Å². The normalized spacial score (nSPS) is 15.0. The minimum Gasteiger partial charge on any atom is -0.465 e. The van der Waals surface area contributed by atoms with Crippen LogP contribution in [0.3, 0.4) is 0 Å². The van der Waals surface area contributed by atoms with Crippen LogP contribution in [0, 0.1) is 6.92 Å². The summed E-state index contributed by atoms with van der Waals surface area (Å²) in [5, 5.41) is 9.80. The number of aryl methyl sites for hydroxylation is 1. The minimum absolute atomic E-state index is 0.0729. The maximum absolute atomic E-state index is 13.2. The molecule has 3 N–H and O–H groups in total. The Morgan fingerprint density at radius 2 is 1.47 bits per heavy atom. The second-order valence-electron chi connectivity index (χ2n) is 7.61. The topological polar surface area (TPSA) is 79.5 Å². The molecule has 0 bridgehead atoms. The number of esters is 1. The van der Waals surface area contributed by atoms with E-state index in [1.165, 1.54) is 7.11 Å². The first kappa shape index (κ1) is 21.8. The van der Waals surface area contributed by atoms with E-state index in [1.54, 1.807) is 24.3 Å². The first-order valence-corrected chi connectivity index (χ1v) is 10.5. The van der Waals surface area contributed by atoms with E-state index >= 15 is 0 Å². The van der Waals surface area contributed by atoms with Gasteiger partial charge < -0.3 is 20.7 Å². The lowest BCUT2D eigenvalue weighted by molar-refractivity contribution is -0.123. The summed E-state index contributed by atoms with van der Waals surface area (Å²) < 4.78 is 4.71. The Bertz CT molecular complexity index is 904. The Hall–Kier alpha value is -2.93. The van der Waals surface area contributed by atoms with Crippen LogP contribution in [0.1, 0.15) is 48.0 Å². The molecule has 0 atom stereocenters. The molecular formula is C23H27N3O3S. The number of amides is 1. The van der Waals surface area contributed by atoms with Crippen molar-refractivity contribution in [3.63, 3.8) is 0 Å². The zero-order chi connectivity index (χ0) is 21.6. The first-order valence-electron chi connectivity index (χ1n) is 10.1. The van der Waals surface area contributed by atoms with Crippen LogP contribution in [-0.2, 0) is 9.53 Å². The summed E-state index contributed by atoms with van der Waals surface area (Å²) in [4.78, 5) is 24.8. The zero-order valence-corrected chi connectivity index (χ0v) is 18.1. The molecule has 1 saturated carbocycles. The molecule has 0 radical (unpaired) electrons. The van der Waals surface area contributed by atoms with Crippen LogP contribution in [0.4, 0.5) is 11.4 Å². The van der Waals surface area contributed by atoms with Gasteiger partial charge in [0.15, 0.2) is 5.11 Å². The summed E-state index contributed by atoms with van der Waals surface area (Å²) in [6.07, 6.45) is 4.47. The fourth-order valence-electron chi connectivity index (χ4n) is 3.64. The molecule has 158 valence electrons. The second kappa shape index (κ2) is 9.71. The fraction of sp³-hybridized carbons (Fsp3) is 0.348. The number of carbonyl (C=O) groups is 2.